The maximum Gasteiger partial charge on any atom is 0.345 e. The smallest absolute Gasteiger partial charge is 0.345 e. The molecule has 0 radical (unpaired) electrons. The highest BCUT2D eigenvalue weighted by atomic mass is 32.2. The third kappa shape index (κ3) is 10.8. The van der Waals surface area contributed by atoms with Crippen LogP contribution in [0.5, 0.6) is 0 Å². The van der Waals surface area contributed by atoms with E-state index in [0.717, 1.165) is 33.7 Å². The Balaban J connectivity index is 1.52. The Kier molecular flexibility index (Phi) is 13.3. The second-order valence-corrected chi connectivity index (χ2v) is 14.2. The fourth-order valence-electron chi connectivity index (χ4n) is 5.33. The van der Waals surface area contributed by atoms with Gasteiger partial charge in [-0.3, -0.25) is 19.4 Å². The Morgan fingerprint density at radius 1 is 0.980 bits per heavy atom. The van der Waals surface area contributed by atoms with Crippen LogP contribution in [-0.2, 0) is 9.59 Å². The molecule has 4 aromatic rings. The van der Waals surface area contributed by atoms with Crippen molar-refractivity contribution >= 4 is 58.6 Å². The van der Waals surface area contributed by atoms with Crippen molar-refractivity contribution in [3.05, 3.63) is 83.8 Å². The molecule has 0 aliphatic heterocycles. The van der Waals surface area contributed by atoms with Crippen molar-refractivity contribution in [2.45, 2.75) is 81.7 Å². The standard InChI is InChI=1S/C38H47N7O4S/c1-7-44(25-35(47)41-26(2)14-8-11-18-34(46)42-38(3,4)5)37(49)45-32-24-28(50-33-17-10-9-16-30(33)36(48)39-6)20-21-29(32)31(43-45)22-19-27-15-12-13-23-40-27/h9-10,12-13,15-17,19-24,26H,7-8,11,14,18,25H2,1-6H3,(H,39,48)(H,41,47)(H,42,46)/b22-19+. The molecule has 2 heterocycles. The van der Waals surface area contributed by atoms with E-state index < -0.39 is 6.03 Å². The molecule has 4 amide bonds. The molecular formula is C38H47N7O4S. The Morgan fingerprint density at radius 3 is 2.44 bits per heavy atom. The quantitative estimate of drug-likeness (QED) is 0.130. The second kappa shape index (κ2) is 17.6. The number of nitrogens with zero attached hydrogens (tertiary/aromatic N) is 4. The maximum atomic E-state index is 14.0. The van der Waals surface area contributed by atoms with Crippen LogP contribution >= 0.6 is 11.8 Å². The molecule has 0 spiro atoms. The summed E-state index contributed by atoms with van der Waals surface area (Å²) in [5.41, 5.74) is 2.18. The Hall–Kier alpha value is -4.97. The van der Waals surface area contributed by atoms with Gasteiger partial charge in [-0.05, 0) is 102 Å². The number of nitrogens with one attached hydrogen (secondary N) is 3. The van der Waals surface area contributed by atoms with E-state index in [4.69, 9.17) is 5.10 Å². The fourth-order valence-corrected chi connectivity index (χ4v) is 6.30. The highest BCUT2D eigenvalue weighted by molar-refractivity contribution is 7.99. The summed E-state index contributed by atoms with van der Waals surface area (Å²) < 4.78 is 1.34. The molecule has 50 heavy (non-hydrogen) atoms. The number of amides is 4. The van der Waals surface area contributed by atoms with Gasteiger partial charge in [0, 0.05) is 53.0 Å². The van der Waals surface area contributed by atoms with Crippen molar-refractivity contribution in [1.29, 1.82) is 0 Å². The maximum absolute atomic E-state index is 14.0. The highest BCUT2D eigenvalue weighted by Crippen LogP contribution is 2.33. The van der Waals surface area contributed by atoms with Crippen LogP contribution in [0.3, 0.4) is 0 Å². The number of pyridine rings is 1. The minimum Gasteiger partial charge on any atom is -0.355 e. The van der Waals surface area contributed by atoms with E-state index in [0.29, 0.717) is 29.6 Å². The Labute approximate surface area is 298 Å². The van der Waals surface area contributed by atoms with Crippen molar-refractivity contribution < 1.29 is 19.2 Å². The van der Waals surface area contributed by atoms with Gasteiger partial charge in [-0.25, -0.2) is 4.79 Å². The minimum atomic E-state index is -0.435. The van der Waals surface area contributed by atoms with Crippen LogP contribution in [-0.4, -0.2) is 75.1 Å². The third-order valence-corrected chi connectivity index (χ3v) is 8.81. The lowest BCUT2D eigenvalue weighted by atomic mass is 10.1. The molecule has 0 saturated heterocycles. The van der Waals surface area contributed by atoms with E-state index in [1.807, 2.05) is 101 Å². The first-order valence-electron chi connectivity index (χ1n) is 16.9. The van der Waals surface area contributed by atoms with Crippen LogP contribution < -0.4 is 16.0 Å². The Morgan fingerprint density at radius 2 is 1.74 bits per heavy atom. The van der Waals surface area contributed by atoms with E-state index in [-0.39, 0.29) is 42.4 Å². The molecule has 264 valence electrons. The van der Waals surface area contributed by atoms with Crippen LogP contribution in [0.15, 0.2) is 76.7 Å². The molecule has 1 atom stereocenters. The molecule has 0 fully saturated rings. The second-order valence-electron chi connectivity index (χ2n) is 13.1. The van der Waals surface area contributed by atoms with Crippen LogP contribution in [0, 0.1) is 0 Å². The number of carbonyl (C=O) groups is 4. The average Bonchev–Trinajstić information content (AvgIpc) is 3.45. The number of benzene rings is 2. The number of rotatable bonds is 14. The molecule has 11 nitrogen and oxygen atoms in total. The van der Waals surface area contributed by atoms with Crippen molar-refractivity contribution in [1.82, 2.24) is 35.6 Å². The number of hydrogen-bond acceptors (Lipinski definition) is 7. The van der Waals surface area contributed by atoms with Crippen molar-refractivity contribution in [3.8, 4) is 0 Å². The van der Waals surface area contributed by atoms with Gasteiger partial charge >= 0.3 is 6.03 Å². The van der Waals surface area contributed by atoms with Crippen LogP contribution in [0.2, 0.25) is 0 Å². The van der Waals surface area contributed by atoms with Crippen molar-refractivity contribution in [3.63, 3.8) is 0 Å². The summed E-state index contributed by atoms with van der Waals surface area (Å²) in [6.45, 7) is 9.76. The van der Waals surface area contributed by atoms with Gasteiger partial charge in [-0.15, -0.1) is 0 Å². The summed E-state index contributed by atoms with van der Waals surface area (Å²) >= 11 is 1.41. The SMILES string of the molecule is CCN(CC(=O)NC(C)CCCCC(=O)NC(C)(C)C)C(=O)n1nc(/C=C/c2ccccn2)c2ccc(Sc3ccccc3C(=O)NC)cc21. The predicted octanol–water partition coefficient (Wildman–Crippen LogP) is 6.38. The first-order valence-corrected chi connectivity index (χ1v) is 17.7. The average molecular weight is 698 g/mol. The fraction of sp³-hybridized carbons (Fsp3) is 0.368. The lowest BCUT2D eigenvalue weighted by Crippen LogP contribution is -2.45. The molecule has 1 unspecified atom stereocenters. The zero-order valence-electron chi connectivity index (χ0n) is 29.7. The van der Waals surface area contributed by atoms with Gasteiger partial charge < -0.3 is 20.9 Å². The molecule has 0 aliphatic carbocycles. The van der Waals surface area contributed by atoms with Crippen molar-refractivity contribution in [2.24, 2.45) is 0 Å². The molecule has 4 rings (SSSR count). The predicted molar refractivity (Wildman–Crippen MR) is 199 cm³/mol. The largest absolute Gasteiger partial charge is 0.355 e. The van der Waals surface area contributed by atoms with Gasteiger partial charge in [0.25, 0.3) is 5.91 Å². The van der Waals surface area contributed by atoms with E-state index in [1.165, 1.54) is 21.3 Å². The van der Waals surface area contributed by atoms with Crippen molar-refractivity contribution in [2.75, 3.05) is 20.1 Å². The number of carbonyl (C=O) groups excluding carboxylic acids is 4. The summed E-state index contributed by atoms with van der Waals surface area (Å²) in [6.07, 6.45) is 8.03. The monoisotopic (exact) mass is 697 g/mol. The van der Waals surface area contributed by atoms with Gasteiger partial charge in [0.2, 0.25) is 11.8 Å². The van der Waals surface area contributed by atoms with Crippen LogP contribution in [0.4, 0.5) is 4.79 Å². The van der Waals surface area contributed by atoms with Gasteiger partial charge in [0.1, 0.15) is 6.54 Å². The molecule has 0 bridgehead atoms. The van der Waals surface area contributed by atoms with E-state index in [2.05, 4.69) is 20.9 Å². The summed E-state index contributed by atoms with van der Waals surface area (Å²) in [7, 11) is 1.59. The first kappa shape index (κ1) is 37.8. The molecule has 0 aliphatic rings. The van der Waals surface area contributed by atoms with E-state index >= 15 is 0 Å². The molecule has 2 aromatic carbocycles. The molecular weight excluding hydrogens is 651 g/mol. The number of fused-ring (bicyclic) bond motifs is 1. The molecule has 12 heteroatoms. The zero-order valence-corrected chi connectivity index (χ0v) is 30.5. The normalized spacial score (nSPS) is 12.1. The van der Waals surface area contributed by atoms with Gasteiger partial charge in [0.15, 0.2) is 0 Å². The van der Waals surface area contributed by atoms with Crippen LogP contribution in [0.1, 0.15) is 82.0 Å². The van der Waals surface area contributed by atoms with E-state index in [1.54, 1.807) is 19.3 Å². The summed E-state index contributed by atoms with van der Waals surface area (Å²) in [6, 6.07) is 18.1. The molecule has 2 aromatic heterocycles. The number of aromatic nitrogens is 3. The lowest BCUT2D eigenvalue weighted by molar-refractivity contribution is -0.123. The summed E-state index contributed by atoms with van der Waals surface area (Å²) in [5.74, 6) is -0.440. The summed E-state index contributed by atoms with van der Waals surface area (Å²) in [5, 5.41) is 14.1. The molecule has 3 N–H and O–H groups in total. The van der Waals surface area contributed by atoms with Gasteiger partial charge in [0.05, 0.1) is 22.5 Å². The van der Waals surface area contributed by atoms with Crippen LogP contribution in [0.25, 0.3) is 23.1 Å². The van der Waals surface area contributed by atoms with E-state index in [9.17, 15) is 19.2 Å². The lowest BCUT2D eigenvalue weighted by Gasteiger charge is -2.22. The van der Waals surface area contributed by atoms with Gasteiger partial charge in [-0.2, -0.15) is 9.78 Å². The summed E-state index contributed by atoms with van der Waals surface area (Å²) in [4.78, 5) is 59.2. The molecule has 0 saturated carbocycles. The zero-order chi connectivity index (χ0) is 36.3. The Bertz CT molecular complexity index is 1830. The first-order chi connectivity index (χ1) is 23.9. The minimum absolute atomic E-state index is 0.0206. The number of hydrogen-bond donors (Lipinski definition) is 3. The number of likely N-dealkylation sites (N-methyl/N-ethyl adjacent to an activating group) is 1. The highest BCUT2D eigenvalue weighted by Gasteiger charge is 2.23. The third-order valence-electron chi connectivity index (χ3n) is 7.75. The van der Waals surface area contributed by atoms with Gasteiger partial charge in [-0.1, -0.05) is 36.4 Å². The number of unbranched alkanes of at least 4 members (excludes halogenated alkanes) is 1. The topological polar surface area (TPSA) is 138 Å².